The largest absolute Gasteiger partial charge is 0.392 e. The van der Waals surface area contributed by atoms with Crippen LogP contribution in [0.25, 0.3) is 0 Å². The molecule has 0 heterocycles. The summed E-state index contributed by atoms with van der Waals surface area (Å²) in [6.45, 7) is 26.3. The van der Waals surface area contributed by atoms with E-state index in [1.165, 1.54) is 0 Å². The fraction of sp³-hybridized carbons (Fsp3) is 1.00. The Morgan fingerprint density at radius 1 is 0.760 bits per heavy atom. The molecule has 152 valence electrons. The minimum absolute atomic E-state index is 0.0593. The number of hydrogen-bond acceptors (Lipinski definition) is 3. The van der Waals surface area contributed by atoms with Gasteiger partial charge in [-0.05, 0) is 77.6 Å². The summed E-state index contributed by atoms with van der Waals surface area (Å²) < 4.78 is 0. The molecular formula is C22H48N2O. The first kappa shape index (κ1) is 24.9. The van der Waals surface area contributed by atoms with Crippen molar-refractivity contribution < 1.29 is 5.11 Å². The van der Waals surface area contributed by atoms with Crippen molar-refractivity contribution in [3.8, 4) is 0 Å². The van der Waals surface area contributed by atoms with E-state index >= 15 is 0 Å². The Morgan fingerprint density at radius 2 is 1.16 bits per heavy atom. The second kappa shape index (κ2) is 7.86. The summed E-state index contributed by atoms with van der Waals surface area (Å²) in [5.74, 6) is 0.581. The average Bonchev–Trinajstić information content (AvgIpc) is 2.18. The minimum Gasteiger partial charge on any atom is -0.392 e. The molecule has 0 aliphatic carbocycles. The molecular weight excluding hydrogens is 308 g/mol. The maximum absolute atomic E-state index is 11.2. The molecule has 3 nitrogen and oxygen atoms in total. The number of hydrogen-bond donors (Lipinski definition) is 3. The van der Waals surface area contributed by atoms with Crippen LogP contribution in [0.2, 0.25) is 0 Å². The molecule has 0 aromatic heterocycles. The van der Waals surface area contributed by atoms with Crippen LogP contribution in [0.3, 0.4) is 0 Å². The lowest BCUT2D eigenvalue weighted by Gasteiger charge is -2.48. The van der Waals surface area contributed by atoms with Crippen LogP contribution < -0.4 is 11.1 Å². The third-order valence-corrected chi connectivity index (χ3v) is 4.89. The second-order valence-corrected chi connectivity index (χ2v) is 12.2. The first-order valence-electron chi connectivity index (χ1n) is 9.95. The first-order chi connectivity index (χ1) is 10.7. The Labute approximate surface area is 158 Å². The molecule has 0 spiro atoms. The van der Waals surface area contributed by atoms with Gasteiger partial charge in [0.1, 0.15) is 0 Å². The van der Waals surface area contributed by atoms with Crippen LogP contribution in [0.1, 0.15) is 102 Å². The number of aliphatic hydroxyl groups is 1. The zero-order chi connectivity index (χ0) is 20.5. The van der Waals surface area contributed by atoms with Gasteiger partial charge in [-0.25, -0.2) is 0 Å². The quantitative estimate of drug-likeness (QED) is 0.510. The van der Waals surface area contributed by atoms with Crippen molar-refractivity contribution in [1.82, 2.24) is 5.32 Å². The fourth-order valence-corrected chi connectivity index (χ4v) is 5.60. The molecule has 0 aromatic rings. The molecule has 0 amide bonds. The lowest BCUT2D eigenvalue weighted by Crippen LogP contribution is -2.58. The molecule has 0 fully saturated rings. The van der Waals surface area contributed by atoms with E-state index in [0.29, 0.717) is 5.92 Å². The van der Waals surface area contributed by atoms with Gasteiger partial charge >= 0.3 is 0 Å². The zero-order valence-electron chi connectivity index (χ0n) is 19.3. The topological polar surface area (TPSA) is 58.3 Å². The van der Waals surface area contributed by atoms with Crippen molar-refractivity contribution in [1.29, 1.82) is 0 Å². The predicted molar refractivity (Wildman–Crippen MR) is 112 cm³/mol. The van der Waals surface area contributed by atoms with Gasteiger partial charge in [-0.15, -0.1) is 0 Å². The summed E-state index contributed by atoms with van der Waals surface area (Å²) in [6, 6.07) is 0. The Morgan fingerprint density at radius 3 is 1.52 bits per heavy atom. The van der Waals surface area contributed by atoms with E-state index in [2.05, 4.69) is 88.4 Å². The number of nitrogens with two attached hydrogens (primary N) is 1. The molecule has 0 bridgehead atoms. The molecule has 0 saturated heterocycles. The van der Waals surface area contributed by atoms with Crippen molar-refractivity contribution in [3.05, 3.63) is 0 Å². The summed E-state index contributed by atoms with van der Waals surface area (Å²) in [5.41, 5.74) is 5.61. The summed E-state index contributed by atoms with van der Waals surface area (Å²) in [6.07, 6.45) is 2.47. The van der Waals surface area contributed by atoms with Crippen LogP contribution in [0.5, 0.6) is 0 Å². The maximum atomic E-state index is 11.2. The smallest absolute Gasteiger partial charge is 0.0642 e. The lowest BCUT2D eigenvalue weighted by molar-refractivity contribution is -0.0641. The Balaban J connectivity index is 5.18. The molecule has 1 atom stereocenters. The van der Waals surface area contributed by atoms with Gasteiger partial charge < -0.3 is 16.2 Å². The van der Waals surface area contributed by atoms with Gasteiger partial charge in [0, 0.05) is 16.6 Å². The molecule has 4 N–H and O–H groups in total. The van der Waals surface area contributed by atoms with Crippen LogP contribution in [0.15, 0.2) is 0 Å². The van der Waals surface area contributed by atoms with Gasteiger partial charge in [0.2, 0.25) is 0 Å². The molecule has 0 aliphatic rings. The minimum atomic E-state index is -0.350. The summed E-state index contributed by atoms with van der Waals surface area (Å²) in [4.78, 5) is 0. The van der Waals surface area contributed by atoms with E-state index in [9.17, 15) is 5.11 Å². The highest BCUT2D eigenvalue weighted by Crippen LogP contribution is 2.43. The molecule has 25 heavy (non-hydrogen) atoms. The van der Waals surface area contributed by atoms with Gasteiger partial charge in [0.15, 0.2) is 0 Å². The highest BCUT2D eigenvalue weighted by atomic mass is 16.3. The van der Waals surface area contributed by atoms with Gasteiger partial charge in [0.05, 0.1) is 6.10 Å². The van der Waals surface area contributed by atoms with Crippen molar-refractivity contribution in [3.63, 3.8) is 0 Å². The molecule has 1 unspecified atom stereocenters. The molecule has 0 aromatic carbocycles. The van der Waals surface area contributed by atoms with E-state index in [1.807, 2.05) is 0 Å². The summed E-state index contributed by atoms with van der Waals surface area (Å²) >= 11 is 0. The maximum Gasteiger partial charge on any atom is 0.0642 e. The fourth-order valence-electron chi connectivity index (χ4n) is 5.60. The normalized spacial score (nSPS) is 16.4. The van der Waals surface area contributed by atoms with Crippen molar-refractivity contribution in [2.75, 3.05) is 0 Å². The van der Waals surface area contributed by atoms with E-state index in [-0.39, 0.29) is 33.6 Å². The van der Waals surface area contributed by atoms with Gasteiger partial charge in [0.25, 0.3) is 0 Å². The number of aliphatic hydroxyl groups excluding tert-OH is 1. The molecule has 0 saturated carbocycles. The van der Waals surface area contributed by atoms with Crippen molar-refractivity contribution in [2.45, 2.75) is 125 Å². The predicted octanol–water partition coefficient (Wildman–Crippen LogP) is 5.11. The SMILES string of the molecule is CC(C)CC(C)(C)C(O)C(C)(C)CC(C)(C)NC(C)(C)CC(C)(C)N. The van der Waals surface area contributed by atoms with Crippen LogP contribution >= 0.6 is 0 Å². The van der Waals surface area contributed by atoms with E-state index in [0.717, 1.165) is 19.3 Å². The lowest BCUT2D eigenvalue weighted by atomic mass is 9.65. The van der Waals surface area contributed by atoms with Gasteiger partial charge in [-0.3, -0.25) is 0 Å². The molecule has 0 aliphatic heterocycles. The second-order valence-electron chi connectivity index (χ2n) is 12.2. The first-order valence-corrected chi connectivity index (χ1v) is 9.95. The van der Waals surface area contributed by atoms with E-state index in [1.54, 1.807) is 0 Å². The number of nitrogens with one attached hydrogen (secondary N) is 1. The summed E-state index contributed by atoms with van der Waals surface area (Å²) in [7, 11) is 0. The Bertz CT molecular complexity index is 414. The van der Waals surface area contributed by atoms with E-state index in [4.69, 9.17) is 5.73 Å². The number of rotatable bonds is 10. The van der Waals surface area contributed by atoms with Crippen molar-refractivity contribution in [2.24, 2.45) is 22.5 Å². The van der Waals surface area contributed by atoms with Gasteiger partial charge in [-0.2, -0.15) is 0 Å². The Hall–Kier alpha value is -0.120. The van der Waals surface area contributed by atoms with Crippen molar-refractivity contribution >= 4 is 0 Å². The van der Waals surface area contributed by atoms with Crippen LogP contribution in [-0.4, -0.2) is 27.8 Å². The molecule has 0 rings (SSSR count). The van der Waals surface area contributed by atoms with Crippen LogP contribution in [0, 0.1) is 16.7 Å². The standard InChI is InChI=1S/C22H48N2O/c1-16(2)13-18(3,4)17(25)19(5,6)14-21(9,10)24-22(11,12)15-20(7,8)23/h16-17,24-25H,13-15,23H2,1-12H3. The monoisotopic (exact) mass is 356 g/mol. The third-order valence-electron chi connectivity index (χ3n) is 4.89. The van der Waals surface area contributed by atoms with Crippen LogP contribution in [0.4, 0.5) is 0 Å². The average molecular weight is 357 g/mol. The van der Waals surface area contributed by atoms with E-state index < -0.39 is 0 Å². The van der Waals surface area contributed by atoms with Crippen LogP contribution in [-0.2, 0) is 0 Å². The highest BCUT2D eigenvalue weighted by Gasteiger charge is 2.43. The highest BCUT2D eigenvalue weighted by molar-refractivity contribution is 4.99. The third kappa shape index (κ3) is 9.40. The summed E-state index contributed by atoms with van der Waals surface area (Å²) in [5, 5.41) is 15.0. The zero-order valence-corrected chi connectivity index (χ0v) is 19.3. The van der Waals surface area contributed by atoms with Gasteiger partial charge in [-0.1, -0.05) is 41.5 Å². The Kier molecular flexibility index (Phi) is 7.82. The molecule has 0 radical (unpaired) electrons. The molecule has 3 heteroatoms.